The Morgan fingerprint density at radius 2 is 1.97 bits per heavy atom. The highest BCUT2D eigenvalue weighted by Crippen LogP contribution is 2.25. The molecule has 2 aromatic heterocycles. The van der Waals surface area contributed by atoms with Crippen molar-refractivity contribution in [2.75, 3.05) is 20.2 Å². The molecule has 0 aliphatic carbocycles. The molecule has 154 valence electrons. The van der Waals surface area contributed by atoms with Gasteiger partial charge in [-0.3, -0.25) is 9.59 Å². The fourth-order valence-electron chi connectivity index (χ4n) is 3.34. The second-order valence-electron chi connectivity index (χ2n) is 6.89. The number of methoxy groups -OCH3 is 1. The number of ether oxygens (including phenoxy) is 2. The summed E-state index contributed by atoms with van der Waals surface area (Å²) in [6.07, 6.45) is 1.55. The average molecular weight is 420 g/mol. The number of hydrogen-bond donors (Lipinski definition) is 0. The van der Waals surface area contributed by atoms with Crippen molar-refractivity contribution in [3.05, 3.63) is 56.7 Å². The van der Waals surface area contributed by atoms with Gasteiger partial charge in [0.05, 0.1) is 13.2 Å². The molecule has 3 heterocycles. The third-order valence-corrected chi connectivity index (χ3v) is 4.81. The molecule has 0 unspecified atom stereocenters. The molecule has 0 spiro atoms. The van der Waals surface area contributed by atoms with E-state index < -0.39 is 5.97 Å². The summed E-state index contributed by atoms with van der Waals surface area (Å²) in [5.74, 6) is -0.595. The molecule has 3 rings (SSSR count). The topological polar surface area (TPSA) is 90.7 Å². The van der Waals surface area contributed by atoms with Gasteiger partial charge < -0.3 is 18.9 Å². The quantitative estimate of drug-likeness (QED) is 0.557. The van der Waals surface area contributed by atoms with E-state index in [0.717, 1.165) is 0 Å². The van der Waals surface area contributed by atoms with Gasteiger partial charge in [0, 0.05) is 49.6 Å². The number of rotatable bonds is 4. The van der Waals surface area contributed by atoms with Gasteiger partial charge in [0.15, 0.2) is 0 Å². The van der Waals surface area contributed by atoms with E-state index in [1.165, 1.54) is 30.0 Å². The van der Waals surface area contributed by atoms with Crippen molar-refractivity contribution in [1.82, 2.24) is 14.5 Å². The first-order chi connectivity index (χ1) is 13.8. The van der Waals surface area contributed by atoms with Crippen LogP contribution in [0.15, 0.2) is 29.2 Å². The molecular formula is C20H22ClN3O5. The summed E-state index contributed by atoms with van der Waals surface area (Å²) in [7, 11) is 1.28. The van der Waals surface area contributed by atoms with Crippen LogP contribution >= 0.6 is 11.6 Å². The van der Waals surface area contributed by atoms with E-state index >= 15 is 0 Å². The van der Waals surface area contributed by atoms with E-state index in [2.05, 4.69) is 4.98 Å². The van der Waals surface area contributed by atoms with Gasteiger partial charge in [0.2, 0.25) is 0 Å². The zero-order valence-corrected chi connectivity index (χ0v) is 17.2. The number of fused-ring (bicyclic) bond motifs is 1. The van der Waals surface area contributed by atoms with E-state index in [1.807, 2.05) is 13.8 Å². The molecule has 1 aliphatic heterocycles. The van der Waals surface area contributed by atoms with Crippen molar-refractivity contribution in [3.63, 3.8) is 0 Å². The molecule has 1 aliphatic rings. The summed E-state index contributed by atoms with van der Waals surface area (Å²) in [5, 5.41) is 0.230. The van der Waals surface area contributed by atoms with Crippen molar-refractivity contribution < 1.29 is 19.1 Å². The maximum atomic E-state index is 12.9. The van der Waals surface area contributed by atoms with Crippen molar-refractivity contribution in [1.29, 1.82) is 0 Å². The van der Waals surface area contributed by atoms with E-state index in [4.69, 9.17) is 21.1 Å². The van der Waals surface area contributed by atoms with E-state index in [1.54, 1.807) is 11.0 Å². The number of amides is 1. The molecule has 0 fully saturated rings. The van der Waals surface area contributed by atoms with Crippen LogP contribution in [0.4, 0.5) is 0 Å². The van der Waals surface area contributed by atoms with Gasteiger partial charge in [-0.1, -0.05) is 11.6 Å². The Kier molecular flexibility index (Phi) is 6.22. The molecule has 0 aromatic carbocycles. The van der Waals surface area contributed by atoms with Gasteiger partial charge in [0.1, 0.15) is 16.5 Å². The Hall–Kier alpha value is -2.87. The van der Waals surface area contributed by atoms with Crippen LogP contribution in [-0.4, -0.2) is 52.6 Å². The van der Waals surface area contributed by atoms with Crippen LogP contribution < -0.4 is 10.3 Å². The number of hydrogen-bond acceptors (Lipinski definition) is 6. The molecule has 0 radical (unpaired) electrons. The maximum Gasteiger partial charge on any atom is 0.343 e. The maximum absolute atomic E-state index is 12.9. The lowest BCUT2D eigenvalue weighted by Crippen LogP contribution is -2.34. The zero-order chi connectivity index (χ0) is 21.1. The average Bonchev–Trinajstić information content (AvgIpc) is 2.90. The lowest BCUT2D eigenvalue weighted by atomic mass is 10.1. The van der Waals surface area contributed by atoms with Crippen LogP contribution in [0.2, 0.25) is 5.15 Å². The summed E-state index contributed by atoms with van der Waals surface area (Å²) in [6, 6.07) is 4.39. The first kappa shape index (κ1) is 20.9. The molecule has 29 heavy (non-hydrogen) atoms. The van der Waals surface area contributed by atoms with Gasteiger partial charge in [-0.2, -0.15) is 0 Å². The Morgan fingerprint density at radius 1 is 1.21 bits per heavy atom. The lowest BCUT2D eigenvalue weighted by molar-refractivity contribution is 0.0591. The molecule has 0 atom stereocenters. The number of nitrogens with zero attached hydrogens (tertiary/aromatic N) is 3. The van der Waals surface area contributed by atoms with Crippen LogP contribution in [0.5, 0.6) is 5.75 Å². The highest BCUT2D eigenvalue weighted by molar-refractivity contribution is 6.29. The number of esters is 1. The van der Waals surface area contributed by atoms with Crippen molar-refractivity contribution >= 4 is 23.5 Å². The predicted octanol–water partition coefficient (Wildman–Crippen LogP) is 2.17. The summed E-state index contributed by atoms with van der Waals surface area (Å²) in [4.78, 5) is 43.5. The number of pyridine rings is 2. The number of carbonyl (C=O) groups is 2. The minimum absolute atomic E-state index is 0.198. The molecule has 9 heteroatoms. The molecule has 2 aromatic rings. The Bertz CT molecular complexity index is 1000. The Morgan fingerprint density at radius 3 is 2.62 bits per heavy atom. The van der Waals surface area contributed by atoms with Crippen molar-refractivity contribution in [2.24, 2.45) is 0 Å². The zero-order valence-electron chi connectivity index (χ0n) is 16.5. The lowest BCUT2D eigenvalue weighted by Gasteiger charge is -2.20. The highest BCUT2D eigenvalue weighted by atomic mass is 35.5. The third kappa shape index (κ3) is 4.42. The van der Waals surface area contributed by atoms with Gasteiger partial charge in [-0.25, -0.2) is 9.78 Å². The fourth-order valence-corrected chi connectivity index (χ4v) is 3.51. The van der Waals surface area contributed by atoms with Crippen molar-refractivity contribution in [3.8, 4) is 5.75 Å². The summed E-state index contributed by atoms with van der Waals surface area (Å²) in [6.45, 7) is 4.52. The van der Waals surface area contributed by atoms with E-state index in [9.17, 15) is 14.4 Å². The minimum Gasteiger partial charge on any atom is -0.490 e. The number of carbonyl (C=O) groups excluding carboxylic acids is 2. The van der Waals surface area contributed by atoms with Crippen LogP contribution in [0.1, 0.15) is 40.3 Å². The van der Waals surface area contributed by atoms with Crippen LogP contribution in [0.3, 0.4) is 0 Å². The smallest absolute Gasteiger partial charge is 0.343 e. The second kappa shape index (κ2) is 8.65. The van der Waals surface area contributed by atoms with Crippen LogP contribution in [0.25, 0.3) is 0 Å². The largest absolute Gasteiger partial charge is 0.490 e. The first-order valence-corrected chi connectivity index (χ1v) is 9.62. The van der Waals surface area contributed by atoms with Crippen LogP contribution in [-0.2, 0) is 17.7 Å². The molecule has 8 nitrogen and oxygen atoms in total. The normalized spacial score (nSPS) is 13.6. The standard InChI is InChI=1S/C20H22ClN3O5/c1-12(2)29-15-11-17(25)24-9-8-23(7-5-14(24)18(15)20(27)28-3)19(26)13-4-6-22-16(21)10-13/h4,6,10-12H,5,7-9H2,1-3H3. The molecule has 0 saturated heterocycles. The van der Waals surface area contributed by atoms with E-state index in [0.29, 0.717) is 30.8 Å². The Balaban J connectivity index is 1.97. The van der Waals surface area contributed by atoms with Gasteiger partial charge >= 0.3 is 5.97 Å². The van der Waals surface area contributed by atoms with Gasteiger partial charge in [0.25, 0.3) is 11.5 Å². The van der Waals surface area contributed by atoms with E-state index in [-0.39, 0.29) is 40.6 Å². The molecule has 0 bridgehead atoms. The monoisotopic (exact) mass is 419 g/mol. The SMILES string of the molecule is COC(=O)c1c(OC(C)C)cc(=O)n2c1CCN(C(=O)c1ccnc(Cl)c1)CC2. The fraction of sp³-hybridized carbons (Fsp3) is 0.400. The highest BCUT2D eigenvalue weighted by Gasteiger charge is 2.28. The van der Waals surface area contributed by atoms with Crippen LogP contribution in [0, 0.1) is 0 Å². The van der Waals surface area contributed by atoms with Gasteiger partial charge in [-0.15, -0.1) is 0 Å². The first-order valence-electron chi connectivity index (χ1n) is 9.24. The second-order valence-corrected chi connectivity index (χ2v) is 7.28. The predicted molar refractivity (Wildman–Crippen MR) is 107 cm³/mol. The molecular weight excluding hydrogens is 398 g/mol. The molecule has 0 N–H and O–H groups in total. The number of aromatic nitrogens is 2. The summed E-state index contributed by atoms with van der Waals surface area (Å²) >= 11 is 5.89. The number of halogens is 1. The molecule has 0 saturated carbocycles. The minimum atomic E-state index is -0.579. The third-order valence-electron chi connectivity index (χ3n) is 4.61. The van der Waals surface area contributed by atoms with Gasteiger partial charge in [-0.05, 0) is 26.0 Å². The molecule has 1 amide bonds. The summed E-state index contributed by atoms with van der Waals surface area (Å²) < 4.78 is 12.1. The Labute approximate surface area is 173 Å². The van der Waals surface area contributed by atoms with Crippen molar-refractivity contribution in [2.45, 2.75) is 32.9 Å². The summed E-state index contributed by atoms with van der Waals surface area (Å²) in [5.41, 5.74) is 0.856.